The van der Waals surface area contributed by atoms with Crippen LogP contribution in [0.5, 0.6) is 0 Å². The number of hydrogen-bond acceptors (Lipinski definition) is 7. The van der Waals surface area contributed by atoms with Crippen LogP contribution in [0.1, 0.15) is 36.0 Å². The van der Waals surface area contributed by atoms with Crippen LogP contribution in [0.2, 0.25) is 0 Å². The molecule has 1 aliphatic carbocycles. The number of nitrogens with one attached hydrogen (secondary N) is 3. The summed E-state index contributed by atoms with van der Waals surface area (Å²) in [5.74, 6) is 0.515. The zero-order chi connectivity index (χ0) is 23.4. The van der Waals surface area contributed by atoms with Crippen LogP contribution in [-0.4, -0.2) is 57.5 Å². The van der Waals surface area contributed by atoms with E-state index < -0.39 is 18.1 Å². The van der Waals surface area contributed by atoms with Gasteiger partial charge in [0.1, 0.15) is 29.1 Å². The number of carbonyl (C=O) groups is 1. The second kappa shape index (κ2) is 9.99. The average Bonchev–Trinajstić information content (AvgIpc) is 3.35. The highest BCUT2D eigenvalue weighted by atomic mass is 19.1. The third kappa shape index (κ3) is 5.30. The number of amides is 1. The molecule has 1 amide bonds. The van der Waals surface area contributed by atoms with E-state index in [1.807, 2.05) is 0 Å². The summed E-state index contributed by atoms with van der Waals surface area (Å²) in [6, 6.07) is 4.60. The van der Waals surface area contributed by atoms with E-state index >= 15 is 0 Å². The molecule has 176 valence electrons. The Bertz CT molecular complexity index is 1180. The summed E-state index contributed by atoms with van der Waals surface area (Å²) in [7, 11) is 3.36. The van der Waals surface area contributed by atoms with Crippen LogP contribution in [0.4, 0.5) is 21.7 Å². The van der Waals surface area contributed by atoms with E-state index in [2.05, 4.69) is 26.0 Å². The Morgan fingerprint density at radius 3 is 2.64 bits per heavy atom. The van der Waals surface area contributed by atoms with Gasteiger partial charge in [0.05, 0.1) is 12.2 Å². The predicted octanol–water partition coefficient (Wildman–Crippen LogP) is 2.24. The van der Waals surface area contributed by atoms with Gasteiger partial charge in [0.25, 0.3) is 11.5 Å². The van der Waals surface area contributed by atoms with E-state index in [1.165, 1.54) is 34.5 Å². The Morgan fingerprint density at radius 2 is 2.03 bits per heavy atom. The minimum absolute atomic E-state index is 0.209. The largest absolute Gasteiger partial charge is 0.381 e. The maximum Gasteiger partial charge on any atom is 0.274 e. The van der Waals surface area contributed by atoms with Crippen LogP contribution >= 0.6 is 0 Å². The Hall–Kier alpha value is -3.47. The van der Waals surface area contributed by atoms with Gasteiger partial charge < -0.3 is 25.3 Å². The lowest BCUT2D eigenvalue weighted by Crippen LogP contribution is -2.27. The lowest BCUT2D eigenvalue weighted by molar-refractivity contribution is 0.0948. The zero-order valence-corrected chi connectivity index (χ0v) is 18.7. The van der Waals surface area contributed by atoms with Gasteiger partial charge in [-0.05, 0) is 31.4 Å². The molecule has 3 N–H and O–H groups in total. The molecule has 0 spiro atoms. The van der Waals surface area contributed by atoms with E-state index in [9.17, 15) is 14.0 Å². The molecule has 10 nitrogen and oxygen atoms in total. The smallest absolute Gasteiger partial charge is 0.274 e. The molecule has 2 unspecified atom stereocenters. The molecule has 0 radical (unpaired) electrons. The molecule has 1 aliphatic heterocycles. The fourth-order valence-electron chi connectivity index (χ4n) is 3.44. The number of ether oxygens (including phenoxy) is 1. The van der Waals surface area contributed by atoms with E-state index in [0.717, 1.165) is 13.2 Å². The number of pyridine rings is 1. The molecule has 1 saturated heterocycles. The summed E-state index contributed by atoms with van der Waals surface area (Å²) < 4.78 is 21.1. The summed E-state index contributed by atoms with van der Waals surface area (Å²) in [6.07, 6.45) is 6.30. The Kier molecular flexibility index (Phi) is 6.87. The molecular formula is C22H28FN7O3. The zero-order valence-electron chi connectivity index (χ0n) is 18.7. The number of carbonyl (C=O) groups excluding carboxylic acids is 1. The van der Waals surface area contributed by atoms with Gasteiger partial charge in [-0.15, -0.1) is 0 Å². The standard InChI is InChI=1S/C17H18FN7O2.C5H10O/c1-19-14-7-13(21-11-4-3-5-24(2)17(11)27)23-15-9(8-20-25(14)15)16(26)22-12-6-10(12)18;1-2-4-6-5-3-1/h3-5,7-8,10,12,19H,6H2,1-2H3,(H,21,23)(H,22,26);1-5H2. The molecule has 11 heteroatoms. The number of fused-ring (bicyclic) bond motifs is 1. The number of anilines is 3. The van der Waals surface area contributed by atoms with Crippen molar-refractivity contribution in [3.63, 3.8) is 0 Å². The molecule has 0 bridgehead atoms. The number of alkyl halides is 1. The maximum atomic E-state index is 13.1. The minimum atomic E-state index is -0.997. The van der Waals surface area contributed by atoms with E-state index in [1.54, 1.807) is 38.5 Å². The molecule has 0 aromatic carbocycles. The highest BCUT2D eigenvalue weighted by Crippen LogP contribution is 2.26. The molecule has 1 saturated carbocycles. The van der Waals surface area contributed by atoms with Crippen molar-refractivity contribution in [2.45, 2.75) is 37.9 Å². The van der Waals surface area contributed by atoms with Crippen LogP contribution in [0.3, 0.4) is 0 Å². The number of rotatable bonds is 5. The fourth-order valence-corrected chi connectivity index (χ4v) is 3.44. The van der Waals surface area contributed by atoms with Crippen molar-refractivity contribution < 1.29 is 13.9 Å². The molecular weight excluding hydrogens is 429 g/mol. The Morgan fingerprint density at radius 1 is 1.27 bits per heavy atom. The first-order valence-corrected chi connectivity index (χ1v) is 11.0. The number of nitrogens with zero attached hydrogens (tertiary/aromatic N) is 4. The normalized spacial score (nSPS) is 19.4. The van der Waals surface area contributed by atoms with E-state index in [-0.39, 0.29) is 11.1 Å². The molecule has 3 aromatic rings. The maximum absolute atomic E-state index is 13.1. The fraction of sp³-hybridized carbons (Fsp3) is 0.455. The molecule has 2 atom stereocenters. The predicted molar refractivity (Wildman–Crippen MR) is 123 cm³/mol. The first-order valence-electron chi connectivity index (χ1n) is 11.0. The monoisotopic (exact) mass is 457 g/mol. The van der Waals surface area contributed by atoms with Crippen molar-refractivity contribution in [3.8, 4) is 0 Å². The summed E-state index contributed by atoms with van der Waals surface area (Å²) in [5.41, 5.74) is 0.669. The number of aryl methyl sites for hydroxylation is 1. The highest BCUT2D eigenvalue weighted by Gasteiger charge is 2.39. The van der Waals surface area contributed by atoms with Crippen LogP contribution < -0.4 is 21.5 Å². The van der Waals surface area contributed by atoms with Crippen LogP contribution in [0, 0.1) is 0 Å². The van der Waals surface area contributed by atoms with Crippen molar-refractivity contribution >= 4 is 28.9 Å². The van der Waals surface area contributed by atoms with Gasteiger partial charge in [-0.2, -0.15) is 9.61 Å². The van der Waals surface area contributed by atoms with Gasteiger partial charge >= 0.3 is 0 Å². The van der Waals surface area contributed by atoms with Gasteiger partial charge in [-0.25, -0.2) is 9.37 Å². The van der Waals surface area contributed by atoms with Gasteiger partial charge in [-0.3, -0.25) is 9.59 Å². The number of hydrogen-bond donors (Lipinski definition) is 3. The van der Waals surface area contributed by atoms with Gasteiger partial charge in [0.2, 0.25) is 0 Å². The van der Waals surface area contributed by atoms with Crippen LogP contribution in [0.15, 0.2) is 35.4 Å². The first-order chi connectivity index (χ1) is 16.0. The van der Waals surface area contributed by atoms with Crippen molar-refractivity contribution in [2.24, 2.45) is 7.05 Å². The van der Waals surface area contributed by atoms with Crippen molar-refractivity contribution in [3.05, 3.63) is 46.5 Å². The average molecular weight is 458 g/mol. The Balaban J connectivity index is 0.000000376. The minimum Gasteiger partial charge on any atom is -0.381 e. The van der Waals surface area contributed by atoms with Crippen molar-refractivity contribution in [2.75, 3.05) is 30.9 Å². The number of halogens is 1. The van der Waals surface area contributed by atoms with Crippen LogP contribution in [0.25, 0.3) is 5.65 Å². The molecule has 2 fully saturated rings. The third-order valence-electron chi connectivity index (χ3n) is 5.47. The molecule has 3 aromatic heterocycles. The second-order valence-electron chi connectivity index (χ2n) is 8.04. The topological polar surface area (TPSA) is 115 Å². The van der Waals surface area contributed by atoms with Crippen molar-refractivity contribution in [1.29, 1.82) is 0 Å². The molecule has 5 rings (SSSR count). The molecule has 2 aliphatic rings. The highest BCUT2D eigenvalue weighted by molar-refractivity contribution is 6.00. The Labute approximate surface area is 190 Å². The lowest BCUT2D eigenvalue weighted by atomic mass is 10.2. The van der Waals surface area contributed by atoms with E-state index in [4.69, 9.17) is 4.74 Å². The lowest BCUT2D eigenvalue weighted by Gasteiger charge is -2.10. The summed E-state index contributed by atoms with van der Waals surface area (Å²) in [6.45, 7) is 2.00. The number of aromatic nitrogens is 4. The van der Waals surface area contributed by atoms with Crippen LogP contribution in [-0.2, 0) is 11.8 Å². The van der Waals surface area contributed by atoms with Gasteiger partial charge in [0, 0.05) is 46.0 Å². The third-order valence-corrected chi connectivity index (χ3v) is 5.47. The van der Waals surface area contributed by atoms with Gasteiger partial charge in [0.15, 0.2) is 5.65 Å². The van der Waals surface area contributed by atoms with Gasteiger partial charge in [-0.1, -0.05) is 0 Å². The second-order valence-corrected chi connectivity index (χ2v) is 8.04. The first kappa shape index (κ1) is 22.7. The molecule has 4 heterocycles. The summed E-state index contributed by atoms with van der Waals surface area (Å²) in [4.78, 5) is 29.1. The summed E-state index contributed by atoms with van der Waals surface area (Å²) >= 11 is 0. The summed E-state index contributed by atoms with van der Waals surface area (Å²) in [5, 5.41) is 12.8. The van der Waals surface area contributed by atoms with Crippen molar-refractivity contribution in [1.82, 2.24) is 24.5 Å². The quantitative estimate of drug-likeness (QED) is 0.538. The SMILES string of the molecule is C1CCOCC1.CNc1cc(Nc2cccn(C)c2=O)nc2c(C(=O)NC3CC3F)cnn12. The van der Waals surface area contributed by atoms with E-state index in [0.29, 0.717) is 29.4 Å². The molecule has 33 heavy (non-hydrogen) atoms.